The summed E-state index contributed by atoms with van der Waals surface area (Å²) in [5.74, 6) is 0.772. The van der Waals surface area contributed by atoms with Crippen LogP contribution in [0.1, 0.15) is 38.5 Å². The number of amides is 1. The number of piperidine rings is 1. The van der Waals surface area contributed by atoms with Crippen molar-refractivity contribution < 1.29 is 9.90 Å². The Kier molecular flexibility index (Phi) is 5.55. The molecule has 1 atom stereocenters. The highest BCUT2D eigenvalue weighted by molar-refractivity contribution is 5.79. The van der Waals surface area contributed by atoms with Crippen molar-refractivity contribution in [1.29, 1.82) is 0 Å². The monoisotopic (exact) mass is 316 g/mol. The Balaban J connectivity index is 1.51. The van der Waals surface area contributed by atoms with Gasteiger partial charge in [0.25, 0.3) is 0 Å². The van der Waals surface area contributed by atoms with Crippen LogP contribution in [0.15, 0.2) is 30.3 Å². The summed E-state index contributed by atoms with van der Waals surface area (Å²) in [7, 11) is 0. The lowest BCUT2D eigenvalue weighted by atomic mass is 9.82. The molecule has 0 radical (unpaired) electrons. The van der Waals surface area contributed by atoms with Crippen LogP contribution in [0.5, 0.6) is 0 Å². The van der Waals surface area contributed by atoms with Crippen LogP contribution >= 0.6 is 0 Å². The van der Waals surface area contributed by atoms with Crippen molar-refractivity contribution in [2.45, 2.75) is 44.6 Å². The molecule has 4 nitrogen and oxygen atoms in total. The van der Waals surface area contributed by atoms with Crippen molar-refractivity contribution in [1.82, 2.24) is 5.32 Å². The van der Waals surface area contributed by atoms with Crippen molar-refractivity contribution in [3.8, 4) is 0 Å². The lowest BCUT2D eigenvalue weighted by molar-refractivity contribution is -0.127. The van der Waals surface area contributed by atoms with Crippen LogP contribution < -0.4 is 10.2 Å². The zero-order valence-corrected chi connectivity index (χ0v) is 13.8. The fourth-order valence-electron chi connectivity index (χ4n) is 3.89. The highest BCUT2D eigenvalue weighted by Crippen LogP contribution is 2.29. The summed E-state index contributed by atoms with van der Waals surface area (Å²) in [4.78, 5) is 14.9. The standard InChI is InChI=1S/C19H28N2O2/c22-14-15-8-10-16(11-9-15)19(23)20-17-5-4-12-21(13-17)18-6-2-1-3-7-18/h1-3,6-7,15-17,22H,4-5,8-14H2,(H,20,23)/t15?,16?,17-/m0/s1. The van der Waals surface area contributed by atoms with Gasteiger partial charge in [0.2, 0.25) is 5.91 Å². The number of rotatable bonds is 4. The molecule has 3 rings (SSSR count). The lowest BCUT2D eigenvalue weighted by Gasteiger charge is -2.36. The number of aliphatic hydroxyl groups excluding tert-OH is 1. The molecule has 0 unspecified atom stereocenters. The number of aliphatic hydroxyl groups is 1. The predicted molar refractivity (Wildman–Crippen MR) is 92.4 cm³/mol. The molecule has 0 aromatic heterocycles. The number of carbonyl (C=O) groups is 1. The molecule has 2 N–H and O–H groups in total. The van der Waals surface area contributed by atoms with Gasteiger partial charge in [0, 0.05) is 37.3 Å². The lowest BCUT2D eigenvalue weighted by Crippen LogP contribution is -2.49. The molecule has 2 fully saturated rings. The molecule has 1 heterocycles. The first kappa shape index (κ1) is 16.3. The van der Waals surface area contributed by atoms with Crippen LogP contribution in [0.25, 0.3) is 0 Å². The maximum Gasteiger partial charge on any atom is 0.223 e. The van der Waals surface area contributed by atoms with E-state index in [0.717, 1.165) is 51.6 Å². The molecule has 0 spiro atoms. The van der Waals surface area contributed by atoms with Gasteiger partial charge < -0.3 is 15.3 Å². The van der Waals surface area contributed by atoms with Gasteiger partial charge in [-0.25, -0.2) is 0 Å². The van der Waals surface area contributed by atoms with Crippen LogP contribution in [0.2, 0.25) is 0 Å². The van der Waals surface area contributed by atoms with Crippen molar-refractivity contribution >= 4 is 11.6 Å². The summed E-state index contributed by atoms with van der Waals surface area (Å²) in [6.45, 7) is 2.24. The fraction of sp³-hybridized carbons (Fsp3) is 0.632. The first-order valence-corrected chi connectivity index (χ1v) is 8.97. The van der Waals surface area contributed by atoms with E-state index in [0.29, 0.717) is 5.92 Å². The quantitative estimate of drug-likeness (QED) is 0.897. The van der Waals surface area contributed by atoms with E-state index in [9.17, 15) is 9.90 Å². The third kappa shape index (κ3) is 4.25. The van der Waals surface area contributed by atoms with Gasteiger partial charge in [-0.15, -0.1) is 0 Å². The summed E-state index contributed by atoms with van der Waals surface area (Å²) < 4.78 is 0. The van der Waals surface area contributed by atoms with E-state index in [-0.39, 0.29) is 24.5 Å². The van der Waals surface area contributed by atoms with E-state index in [1.54, 1.807) is 0 Å². The van der Waals surface area contributed by atoms with E-state index in [2.05, 4.69) is 34.5 Å². The first-order chi connectivity index (χ1) is 11.3. The van der Waals surface area contributed by atoms with Crippen molar-refractivity contribution in [2.24, 2.45) is 11.8 Å². The number of hydrogen-bond acceptors (Lipinski definition) is 3. The molecule has 1 amide bonds. The first-order valence-electron chi connectivity index (χ1n) is 8.97. The Morgan fingerprint density at radius 1 is 1.13 bits per heavy atom. The minimum atomic E-state index is 0.143. The summed E-state index contributed by atoms with van der Waals surface area (Å²) in [6, 6.07) is 10.7. The van der Waals surface area contributed by atoms with E-state index >= 15 is 0 Å². The predicted octanol–water partition coefficient (Wildman–Crippen LogP) is 2.57. The smallest absolute Gasteiger partial charge is 0.223 e. The van der Waals surface area contributed by atoms with Gasteiger partial charge in [-0.3, -0.25) is 4.79 Å². The van der Waals surface area contributed by atoms with Gasteiger partial charge >= 0.3 is 0 Å². The Morgan fingerprint density at radius 3 is 2.57 bits per heavy atom. The second-order valence-corrected chi connectivity index (χ2v) is 7.03. The van der Waals surface area contributed by atoms with Crippen LogP contribution in [-0.2, 0) is 4.79 Å². The Bertz CT molecular complexity index is 497. The summed E-state index contributed by atoms with van der Waals surface area (Å²) >= 11 is 0. The average Bonchev–Trinajstić information content (AvgIpc) is 2.63. The summed E-state index contributed by atoms with van der Waals surface area (Å²) in [5, 5.41) is 12.5. The molecule has 1 aliphatic carbocycles. The largest absolute Gasteiger partial charge is 0.396 e. The third-order valence-electron chi connectivity index (χ3n) is 5.36. The molecule has 4 heteroatoms. The van der Waals surface area contributed by atoms with E-state index in [4.69, 9.17) is 0 Å². The van der Waals surface area contributed by atoms with E-state index in [1.165, 1.54) is 5.69 Å². The molecule has 1 saturated carbocycles. The normalized spacial score (nSPS) is 28.4. The number of nitrogens with zero attached hydrogens (tertiary/aromatic N) is 1. The number of carbonyl (C=O) groups excluding carboxylic acids is 1. The number of nitrogens with one attached hydrogen (secondary N) is 1. The minimum absolute atomic E-state index is 0.143. The Labute approximate surface area is 138 Å². The molecule has 23 heavy (non-hydrogen) atoms. The second kappa shape index (κ2) is 7.82. The minimum Gasteiger partial charge on any atom is -0.396 e. The van der Waals surface area contributed by atoms with Crippen molar-refractivity contribution in [2.75, 3.05) is 24.6 Å². The number of hydrogen-bond donors (Lipinski definition) is 2. The van der Waals surface area contributed by atoms with Gasteiger partial charge in [-0.05, 0) is 56.6 Å². The highest BCUT2D eigenvalue weighted by atomic mass is 16.3. The van der Waals surface area contributed by atoms with Gasteiger partial charge in [0.05, 0.1) is 0 Å². The number of para-hydroxylation sites is 1. The molecule has 1 aliphatic heterocycles. The molecular formula is C19H28N2O2. The molecule has 2 aliphatic rings. The molecule has 1 saturated heterocycles. The van der Waals surface area contributed by atoms with E-state index in [1.807, 2.05) is 6.07 Å². The van der Waals surface area contributed by atoms with E-state index < -0.39 is 0 Å². The Morgan fingerprint density at radius 2 is 1.87 bits per heavy atom. The second-order valence-electron chi connectivity index (χ2n) is 7.03. The maximum absolute atomic E-state index is 12.5. The fourth-order valence-corrected chi connectivity index (χ4v) is 3.89. The van der Waals surface area contributed by atoms with Gasteiger partial charge in [-0.2, -0.15) is 0 Å². The van der Waals surface area contributed by atoms with Gasteiger partial charge in [-0.1, -0.05) is 18.2 Å². The van der Waals surface area contributed by atoms with Gasteiger partial charge in [0.1, 0.15) is 0 Å². The molecule has 1 aromatic rings. The van der Waals surface area contributed by atoms with Crippen LogP contribution in [0.4, 0.5) is 5.69 Å². The van der Waals surface area contributed by atoms with Crippen LogP contribution in [-0.4, -0.2) is 36.8 Å². The van der Waals surface area contributed by atoms with Crippen LogP contribution in [0, 0.1) is 11.8 Å². The van der Waals surface area contributed by atoms with Gasteiger partial charge in [0.15, 0.2) is 0 Å². The van der Waals surface area contributed by atoms with Crippen molar-refractivity contribution in [3.05, 3.63) is 30.3 Å². The summed E-state index contributed by atoms with van der Waals surface area (Å²) in [5.41, 5.74) is 1.25. The van der Waals surface area contributed by atoms with Crippen LogP contribution in [0.3, 0.4) is 0 Å². The molecule has 0 bridgehead atoms. The third-order valence-corrected chi connectivity index (χ3v) is 5.36. The highest BCUT2D eigenvalue weighted by Gasteiger charge is 2.28. The zero-order valence-electron chi connectivity index (χ0n) is 13.8. The topological polar surface area (TPSA) is 52.6 Å². The molecular weight excluding hydrogens is 288 g/mol. The summed E-state index contributed by atoms with van der Waals surface area (Å²) in [6.07, 6.45) is 6.00. The SMILES string of the molecule is O=C(N[C@H]1CCCN(c2ccccc2)C1)C1CCC(CO)CC1. The number of benzene rings is 1. The average molecular weight is 316 g/mol. The van der Waals surface area contributed by atoms with Crippen molar-refractivity contribution in [3.63, 3.8) is 0 Å². The maximum atomic E-state index is 12.5. The molecule has 126 valence electrons. The zero-order chi connectivity index (χ0) is 16.1. The number of anilines is 1. The molecule has 1 aromatic carbocycles. The Hall–Kier alpha value is -1.55.